The summed E-state index contributed by atoms with van der Waals surface area (Å²) in [6.45, 7) is 3.57. The third kappa shape index (κ3) is 4.67. The Labute approximate surface area is 134 Å². The number of rotatable bonds is 5. The summed E-state index contributed by atoms with van der Waals surface area (Å²) in [5, 5.41) is 18.9. The Hall–Kier alpha value is -3.15. The number of benzene rings is 2. The van der Waals surface area contributed by atoms with E-state index >= 15 is 0 Å². The van der Waals surface area contributed by atoms with Gasteiger partial charge in [0.1, 0.15) is 0 Å². The summed E-state index contributed by atoms with van der Waals surface area (Å²) in [6.07, 6.45) is 0. The van der Waals surface area contributed by atoms with Crippen LogP contribution in [0.15, 0.2) is 64.9 Å². The monoisotopic (exact) mass is 310 g/mol. The minimum absolute atomic E-state index is 0.159. The van der Waals surface area contributed by atoms with E-state index in [1.807, 2.05) is 37.3 Å². The van der Waals surface area contributed by atoms with Crippen molar-refractivity contribution in [2.24, 2.45) is 10.3 Å². The maximum Gasteiger partial charge on any atom is 0.279 e. The fraction of sp³-hybridized carbons (Fsp3) is 0.118. The van der Waals surface area contributed by atoms with Crippen molar-refractivity contribution < 1.29 is 10.0 Å². The molecule has 2 aromatic carbocycles. The molecule has 118 valence electrons. The van der Waals surface area contributed by atoms with Gasteiger partial charge in [-0.3, -0.25) is 10.2 Å². The van der Waals surface area contributed by atoms with Crippen LogP contribution in [0.25, 0.3) is 0 Å². The van der Waals surface area contributed by atoms with Gasteiger partial charge in [-0.2, -0.15) is 5.10 Å². The Morgan fingerprint density at radius 2 is 1.65 bits per heavy atom. The Balaban J connectivity index is 2.05. The summed E-state index contributed by atoms with van der Waals surface area (Å²) in [5.41, 5.74) is 5.45. The van der Waals surface area contributed by atoms with Gasteiger partial charge in [0, 0.05) is 5.69 Å². The molecule has 3 N–H and O–H groups in total. The SMILES string of the molecule is CC(=N/Nc1ccc(C)cc1)/C(=N/O)C(=O)Nc1ccccc1. The zero-order valence-corrected chi connectivity index (χ0v) is 12.9. The Morgan fingerprint density at radius 3 is 2.26 bits per heavy atom. The first-order valence-electron chi connectivity index (χ1n) is 7.06. The number of hydrogen-bond donors (Lipinski definition) is 3. The zero-order valence-electron chi connectivity index (χ0n) is 12.9. The molecule has 0 aromatic heterocycles. The lowest BCUT2D eigenvalue weighted by Gasteiger charge is -2.07. The van der Waals surface area contributed by atoms with Crippen LogP contribution in [0.5, 0.6) is 0 Å². The van der Waals surface area contributed by atoms with Crippen molar-refractivity contribution in [2.75, 3.05) is 10.7 Å². The summed E-state index contributed by atoms with van der Waals surface area (Å²) < 4.78 is 0. The molecule has 1 amide bonds. The van der Waals surface area contributed by atoms with Gasteiger partial charge in [-0.05, 0) is 38.1 Å². The number of amides is 1. The van der Waals surface area contributed by atoms with Crippen LogP contribution in [-0.4, -0.2) is 22.5 Å². The van der Waals surface area contributed by atoms with Crippen molar-refractivity contribution >= 4 is 28.7 Å². The summed E-state index contributed by atoms with van der Waals surface area (Å²) in [6, 6.07) is 16.5. The Kier molecular flexibility index (Phi) is 5.46. The molecule has 0 heterocycles. The smallest absolute Gasteiger partial charge is 0.279 e. The zero-order chi connectivity index (χ0) is 16.7. The molecule has 0 bridgehead atoms. The summed E-state index contributed by atoms with van der Waals surface area (Å²) in [7, 11) is 0. The van der Waals surface area contributed by atoms with Gasteiger partial charge < -0.3 is 10.5 Å². The third-order valence-electron chi connectivity index (χ3n) is 3.09. The third-order valence-corrected chi connectivity index (χ3v) is 3.09. The minimum Gasteiger partial charge on any atom is -0.410 e. The van der Waals surface area contributed by atoms with Crippen LogP contribution in [0.2, 0.25) is 0 Å². The van der Waals surface area contributed by atoms with Crippen molar-refractivity contribution in [3.05, 3.63) is 60.2 Å². The largest absolute Gasteiger partial charge is 0.410 e. The lowest BCUT2D eigenvalue weighted by molar-refractivity contribution is -0.110. The second-order valence-electron chi connectivity index (χ2n) is 4.94. The standard InChI is InChI=1S/C17H18N4O2/c1-12-8-10-15(11-9-12)20-19-13(2)16(21-23)17(22)18-14-6-4-3-5-7-14/h3-11,20,23H,1-2H3,(H,18,22)/b19-13-,21-16-. The van der Waals surface area contributed by atoms with E-state index in [-0.39, 0.29) is 11.4 Å². The fourth-order valence-corrected chi connectivity index (χ4v) is 1.82. The Morgan fingerprint density at radius 1 is 1.00 bits per heavy atom. The topological polar surface area (TPSA) is 86.1 Å². The van der Waals surface area contributed by atoms with Crippen LogP contribution in [-0.2, 0) is 4.79 Å². The van der Waals surface area contributed by atoms with Crippen LogP contribution in [0.3, 0.4) is 0 Å². The van der Waals surface area contributed by atoms with Gasteiger partial charge in [0.15, 0.2) is 5.71 Å². The number of carbonyl (C=O) groups excluding carboxylic acids is 1. The lowest BCUT2D eigenvalue weighted by Crippen LogP contribution is -2.29. The molecule has 0 unspecified atom stereocenters. The maximum atomic E-state index is 12.1. The fourth-order valence-electron chi connectivity index (χ4n) is 1.82. The molecule has 0 radical (unpaired) electrons. The number of nitrogens with zero attached hydrogens (tertiary/aromatic N) is 2. The predicted molar refractivity (Wildman–Crippen MR) is 92.2 cm³/mol. The molecular formula is C17H18N4O2. The van der Waals surface area contributed by atoms with Crippen LogP contribution >= 0.6 is 0 Å². The molecule has 2 aromatic rings. The molecule has 6 heteroatoms. The van der Waals surface area contributed by atoms with Crippen LogP contribution in [0.4, 0.5) is 11.4 Å². The first-order valence-corrected chi connectivity index (χ1v) is 7.06. The van der Waals surface area contributed by atoms with Gasteiger partial charge >= 0.3 is 0 Å². The molecule has 2 rings (SSSR count). The molecule has 0 saturated heterocycles. The molecule has 6 nitrogen and oxygen atoms in total. The summed E-state index contributed by atoms with van der Waals surface area (Å²) in [5.74, 6) is -0.536. The highest BCUT2D eigenvalue weighted by Gasteiger charge is 2.16. The number of hydrazone groups is 1. The van der Waals surface area contributed by atoms with E-state index in [1.165, 1.54) is 0 Å². The Bertz CT molecular complexity index is 722. The maximum absolute atomic E-state index is 12.1. The van der Waals surface area contributed by atoms with Crippen molar-refractivity contribution in [2.45, 2.75) is 13.8 Å². The van der Waals surface area contributed by atoms with Gasteiger partial charge in [-0.15, -0.1) is 0 Å². The molecule has 0 aliphatic rings. The summed E-state index contributed by atoms with van der Waals surface area (Å²) >= 11 is 0. The van der Waals surface area contributed by atoms with E-state index in [4.69, 9.17) is 5.21 Å². The molecule has 23 heavy (non-hydrogen) atoms. The van der Waals surface area contributed by atoms with E-state index < -0.39 is 5.91 Å². The average Bonchev–Trinajstić information content (AvgIpc) is 2.56. The van der Waals surface area contributed by atoms with Crippen LogP contribution in [0.1, 0.15) is 12.5 Å². The highest BCUT2D eigenvalue weighted by Crippen LogP contribution is 2.09. The molecule has 0 aliphatic carbocycles. The van der Waals surface area contributed by atoms with E-state index in [2.05, 4.69) is 21.0 Å². The highest BCUT2D eigenvalue weighted by molar-refractivity contribution is 6.68. The van der Waals surface area contributed by atoms with Crippen LogP contribution < -0.4 is 10.7 Å². The van der Waals surface area contributed by atoms with Crippen molar-refractivity contribution in [3.63, 3.8) is 0 Å². The lowest BCUT2D eigenvalue weighted by atomic mass is 10.2. The number of para-hydroxylation sites is 1. The normalized spacial score (nSPS) is 11.9. The second-order valence-corrected chi connectivity index (χ2v) is 4.94. The average molecular weight is 310 g/mol. The predicted octanol–water partition coefficient (Wildman–Crippen LogP) is 3.25. The van der Waals surface area contributed by atoms with E-state index in [9.17, 15) is 4.79 Å². The van der Waals surface area contributed by atoms with Gasteiger partial charge in [0.05, 0.1) is 11.4 Å². The van der Waals surface area contributed by atoms with Crippen LogP contribution in [0, 0.1) is 6.92 Å². The van der Waals surface area contributed by atoms with Gasteiger partial charge in [-0.25, -0.2) is 0 Å². The van der Waals surface area contributed by atoms with Gasteiger partial charge in [0.2, 0.25) is 0 Å². The minimum atomic E-state index is -0.536. The summed E-state index contributed by atoms with van der Waals surface area (Å²) in [4.78, 5) is 12.1. The van der Waals surface area contributed by atoms with Gasteiger partial charge in [-0.1, -0.05) is 41.1 Å². The molecule has 0 atom stereocenters. The van der Waals surface area contributed by atoms with Crippen molar-refractivity contribution in [1.29, 1.82) is 0 Å². The number of carbonyl (C=O) groups is 1. The molecule has 0 spiro atoms. The van der Waals surface area contributed by atoms with E-state index in [0.29, 0.717) is 5.69 Å². The molecule has 0 saturated carbocycles. The van der Waals surface area contributed by atoms with Gasteiger partial charge in [0.25, 0.3) is 5.91 Å². The molecular weight excluding hydrogens is 292 g/mol. The number of oxime groups is 1. The quantitative estimate of drug-likeness (QED) is 0.450. The second kappa shape index (κ2) is 7.74. The number of nitrogens with one attached hydrogen (secondary N) is 2. The van der Waals surface area contributed by atoms with E-state index in [1.54, 1.807) is 31.2 Å². The molecule has 0 fully saturated rings. The van der Waals surface area contributed by atoms with Crippen molar-refractivity contribution in [1.82, 2.24) is 0 Å². The highest BCUT2D eigenvalue weighted by atomic mass is 16.4. The molecule has 0 aliphatic heterocycles. The van der Waals surface area contributed by atoms with Crippen molar-refractivity contribution in [3.8, 4) is 0 Å². The number of anilines is 2. The first-order chi connectivity index (χ1) is 11.1. The first kappa shape index (κ1) is 16.2. The number of aryl methyl sites for hydroxylation is 1. The number of hydrogen-bond acceptors (Lipinski definition) is 5. The van der Waals surface area contributed by atoms with E-state index in [0.717, 1.165) is 11.3 Å².